The summed E-state index contributed by atoms with van der Waals surface area (Å²) in [4.78, 5) is 17.1. The van der Waals surface area contributed by atoms with Crippen molar-refractivity contribution in [1.29, 1.82) is 0 Å². The molecule has 2 aromatic rings. The van der Waals surface area contributed by atoms with E-state index in [9.17, 15) is 4.79 Å². The monoisotopic (exact) mass is 328 g/mol. The van der Waals surface area contributed by atoms with Crippen LogP contribution >= 0.6 is 11.6 Å². The van der Waals surface area contributed by atoms with Gasteiger partial charge in [0.1, 0.15) is 0 Å². The predicted molar refractivity (Wildman–Crippen MR) is 95.6 cm³/mol. The number of carbonyl (C=O) groups is 1. The zero-order valence-electron chi connectivity index (χ0n) is 13.3. The van der Waals surface area contributed by atoms with E-state index in [1.807, 2.05) is 25.1 Å². The van der Waals surface area contributed by atoms with Crippen molar-refractivity contribution in [1.82, 2.24) is 4.90 Å². The maximum atomic E-state index is 12.5. The highest BCUT2D eigenvalue weighted by Gasteiger charge is 2.20. The van der Waals surface area contributed by atoms with Crippen LogP contribution in [0, 0.1) is 6.92 Å². The van der Waals surface area contributed by atoms with Gasteiger partial charge in [-0.3, -0.25) is 9.69 Å². The van der Waals surface area contributed by atoms with Crippen LogP contribution in [0.1, 0.15) is 15.9 Å². The van der Waals surface area contributed by atoms with Gasteiger partial charge in [-0.05, 0) is 42.8 Å². The molecule has 1 fully saturated rings. The molecule has 0 spiro atoms. The molecule has 0 bridgehead atoms. The average Bonchev–Trinajstić information content (AvgIpc) is 2.56. The number of aryl methyl sites for hydroxylation is 1. The van der Waals surface area contributed by atoms with Gasteiger partial charge in [0, 0.05) is 42.5 Å². The van der Waals surface area contributed by atoms with E-state index in [0.29, 0.717) is 11.6 Å². The number of carbonyl (C=O) groups excluding carboxylic acids is 1. The van der Waals surface area contributed by atoms with Crippen LogP contribution in [0.5, 0.6) is 0 Å². The molecule has 1 aliphatic heterocycles. The van der Waals surface area contributed by atoms with Gasteiger partial charge in [-0.15, -0.1) is 0 Å². The Balaban J connectivity index is 1.57. The summed E-state index contributed by atoms with van der Waals surface area (Å²) in [5.74, 6) is 0.173. The lowest BCUT2D eigenvalue weighted by molar-refractivity contribution is 0.0926. The Kier molecular flexibility index (Phi) is 4.99. The van der Waals surface area contributed by atoms with Crippen LogP contribution in [0.2, 0.25) is 5.02 Å². The van der Waals surface area contributed by atoms with E-state index in [2.05, 4.69) is 34.1 Å². The number of nitrogens with zero attached hydrogens (tertiary/aromatic N) is 2. The number of hydrogen-bond acceptors (Lipinski definition) is 3. The third-order valence-electron chi connectivity index (χ3n) is 4.35. The molecule has 120 valence electrons. The molecule has 0 amide bonds. The maximum absolute atomic E-state index is 12.5. The first-order valence-corrected chi connectivity index (χ1v) is 8.33. The van der Waals surface area contributed by atoms with Crippen molar-refractivity contribution in [3.8, 4) is 0 Å². The minimum atomic E-state index is 0.173. The second-order valence-electron chi connectivity index (χ2n) is 5.98. The molecule has 0 radical (unpaired) electrons. The number of ketones is 1. The summed E-state index contributed by atoms with van der Waals surface area (Å²) in [6, 6.07) is 15.9. The summed E-state index contributed by atoms with van der Waals surface area (Å²) >= 11 is 5.96. The quantitative estimate of drug-likeness (QED) is 0.800. The van der Waals surface area contributed by atoms with Crippen LogP contribution in [0.4, 0.5) is 5.69 Å². The van der Waals surface area contributed by atoms with Gasteiger partial charge in [-0.25, -0.2) is 0 Å². The number of anilines is 1. The molecule has 0 aliphatic carbocycles. The van der Waals surface area contributed by atoms with Crippen molar-refractivity contribution in [3.05, 3.63) is 64.7 Å². The van der Waals surface area contributed by atoms with Crippen molar-refractivity contribution in [2.24, 2.45) is 0 Å². The number of Topliss-reactive ketones (excluding diaryl/α,β-unsaturated/α-hetero) is 1. The Morgan fingerprint density at radius 2 is 1.74 bits per heavy atom. The summed E-state index contributed by atoms with van der Waals surface area (Å²) in [7, 11) is 0. The van der Waals surface area contributed by atoms with E-state index in [1.54, 1.807) is 6.07 Å². The molecule has 0 aromatic heterocycles. The lowest BCUT2D eigenvalue weighted by Gasteiger charge is -2.35. The van der Waals surface area contributed by atoms with Gasteiger partial charge < -0.3 is 4.90 Å². The SMILES string of the molecule is Cc1cc(Cl)ccc1C(=O)CN1CCN(c2ccccc2)CC1. The molecule has 4 heteroatoms. The van der Waals surface area contributed by atoms with E-state index < -0.39 is 0 Å². The summed E-state index contributed by atoms with van der Waals surface area (Å²) in [5.41, 5.74) is 2.98. The molecule has 1 aliphatic rings. The third-order valence-corrected chi connectivity index (χ3v) is 4.58. The first kappa shape index (κ1) is 16.0. The first-order chi connectivity index (χ1) is 11.1. The predicted octanol–water partition coefficient (Wildman–Crippen LogP) is 3.65. The molecule has 0 saturated carbocycles. The van der Waals surface area contributed by atoms with Gasteiger partial charge in [-0.1, -0.05) is 29.8 Å². The van der Waals surface area contributed by atoms with Gasteiger partial charge in [0.15, 0.2) is 5.78 Å². The molecule has 1 heterocycles. The summed E-state index contributed by atoms with van der Waals surface area (Å²) in [6.45, 7) is 6.14. The van der Waals surface area contributed by atoms with Crippen molar-refractivity contribution >= 4 is 23.1 Å². The minimum Gasteiger partial charge on any atom is -0.369 e. The third kappa shape index (κ3) is 3.92. The maximum Gasteiger partial charge on any atom is 0.177 e. The molecule has 3 rings (SSSR count). The summed E-state index contributed by atoms with van der Waals surface area (Å²) in [5, 5.41) is 0.676. The van der Waals surface area contributed by atoms with Crippen molar-refractivity contribution in [2.45, 2.75) is 6.92 Å². The van der Waals surface area contributed by atoms with Gasteiger partial charge >= 0.3 is 0 Å². The van der Waals surface area contributed by atoms with E-state index in [4.69, 9.17) is 11.6 Å². The Bertz CT molecular complexity index is 679. The number of halogens is 1. The number of piperazine rings is 1. The Hall–Kier alpha value is -1.84. The van der Waals surface area contributed by atoms with Crippen LogP contribution < -0.4 is 4.90 Å². The first-order valence-electron chi connectivity index (χ1n) is 7.95. The van der Waals surface area contributed by atoms with Crippen LogP contribution in [0.15, 0.2) is 48.5 Å². The Morgan fingerprint density at radius 1 is 1.04 bits per heavy atom. The Morgan fingerprint density at radius 3 is 2.39 bits per heavy atom. The number of benzene rings is 2. The molecule has 23 heavy (non-hydrogen) atoms. The highest BCUT2D eigenvalue weighted by molar-refractivity contribution is 6.30. The topological polar surface area (TPSA) is 23.6 Å². The zero-order chi connectivity index (χ0) is 16.2. The fourth-order valence-corrected chi connectivity index (χ4v) is 3.26. The summed E-state index contributed by atoms with van der Waals surface area (Å²) < 4.78 is 0. The van der Waals surface area contributed by atoms with E-state index in [-0.39, 0.29) is 5.78 Å². The van der Waals surface area contributed by atoms with E-state index >= 15 is 0 Å². The summed E-state index contributed by atoms with van der Waals surface area (Å²) in [6.07, 6.45) is 0. The highest BCUT2D eigenvalue weighted by atomic mass is 35.5. The lowest BCUT2D eigenvalue weighted by atomic mass is 10.0. The van der Waals surface area contributed by atoms with Crippen molar-refractivity contribution < 1.29 is 4.79 Å². The van der Waals surface area contributed by atoms with Crippen molar-refractivity contribution in [3.63, 3.8) is 0 Å². The second kappa shape index (κ2) is 7.16. The molecule has 2 aromatic carbocycles. The molecule has 0 N–H and O–H groups in total. The molecular formula is C19H21ClN2O. The standard InChI is InChI=1S/C19H21ClN2O/c1-15-13-16(20)7-8-18(15)19(23)14-21-9-11-22(12-10-21)17-5-3-2-4-6-17/h2-8,13H,9-12,14H2,1H3. The molecule has 0 atom stereocenters. The smallest absolute Gasteiger partial charge is 0.177 e. The highest BCUT2D eigenvalue weighted by Crippen LogP contribution is 2.18. The molecule has 3 nitrogen and oxygen atoms in total. The largest absolute Gasteiger partial charge is 0.369 e. The molecular weight excluding hydrogens is 308 g/mol. The van der Waals surface area contributed by atoms with Crippen molar-refractivity contribution in [2.75, 3.05) is 37.6 Å². The van der Waals surface area contributed by atoms with Crippen LogP contribution in [-0.2, 0) is 0 Å². The van der Waals surface area contributed by atoms with Gasteiger partial charge in [0.05, 0.1) is 6.54 Å². The molecule has 1 saturated heterocycles. The van der Waals surface area contributed by atoms with Gasteiger partial charge in [0.25, 0.3) is 0 Å². The van der Waals surface area contributed by atoms with Gasteiger partial charge in [0.2, 0.25) is 0 Å². The minimum absolute atomic E-state index is 0.173. The fraction of sp³-hybridized carbons (Fsp3) is 0.316. The van der Waals surface area contributed by atoms with E-state index in [1.165, 1.54) is 5.69 Å². The van der Waals surface area contributed by atoms with Crippen LogP contribution in [-0.4, -0.2) is 43.4 Å². The van der Waals surface area contributed by atoms with Crippen LogP contribution in [0.25, 0.3) is 0 Å². The molecule has 0 unspecified atom stereocenters. The lowest BCUT2D eigenvalue weighted by Crippen LogP contribution is -2.48. The fourth-order valence-electron chi connectivity index (χ4n) is 3.03. The second-order valence-corrected chi connectivity index (χ2v) is 6.42. The number of para-hydroxylation sites is 1. The normalized spacial score (nSPS) is 15.7. The number of rotatable bonds is 4. The average molecular weight is 329 g/mol. The Labute approximate surface area is 142 Å². The van der Waals surface area contributed by atoms with E-state index in [0.717, 1.165) is 37.3 Å². The van der Waals surface area contributed by atoms with Gasteiger partial charge in [-0.2, -0.15) is 0 Å². The van der Waals surface area contributed by atoms with Crippen LogP contribution in [0.3, 0.4) is 0 Å². The zero-order valence-corrected chi connectivity index (χ0v) is 14.1. The number of hydrogen-bond donors (Lipinski definition) is 0.